The lowest BCUT2D eigenvalue weighted by Crippen LogP contribution is -2.26. The van der Waals surface area contributed by atoms with Gasteiger partial charge in [-0.3, -0.25) is 0 Å². The molecule has 0 saturated carbocycles. The lowest BCUT2D eigenvalue weighted by Gasteiger charge is -2.16. The standard InChI is InChI=1S/C36H45FO6/c1-4-6-7-8-9-10-11-12-13-17-26-41-31-24-25-32(34(33(31)37)43-35(38)27(3)40-5-2)42-36(39)30-22-20-29(21-23-30)28-18-15-14-16-19-28/h14-16,18-25,27H,4-13,17,26H2,1-3H3/t27-/m0/s1. The van der Waals surface area contributed by atoms with Gasteiger partial charge in [0.05, 0.1) is 12.2 Å². The average Bonchev–Trinajstić information content (AvgIpc) is 3.03. The monoisotopic (exact) mass is 592 g/mol. The Labute approximate surface area is 255 Å². The molecule has 0 aliphatic heterocycles. The molecule has 7 heteroatoms. The van der Waals surface area contributed by atoms with Crippen LogP contribution in [0, 0.1) is 5.82 Å². The van der Waals surface area contributed by atoms with Crippen LogP contribution in [0.1, 0.15) is 95.3 Å². The molecule has 3 aromatic rings. The van der Waals surface area contributed by atoms with E-state index in [2.05, 4.69) is 6.92 Å². The fourth-order valence-corrected chi connectivity index (χ4v) is 4.67. The molecule has 3 rings (SSSR count). The Morgan fingerprint density at radius 1 is 0.698 bits per heavy atom. The Hall–Kier alpha value is -3.71. The zero-order valence-electron chi connectivity index (χ0n) is 25.7. The Bertz CT molecular complexity index is 1260. The van der Waals surface area contributed by atoms with E-state index in [-0.39, 0.29) is 23.7 Å². The molecule has 0 unspecified atom stereocenters. The zero-order valence-corrected chi connectivity index (χ0v) is 25.7. The number of hydrogen-bond acceptors (Lipinski definition) is 6. The van der Waals surface area contributed by atoms with Crippen molar-refractivity contribution in [1.82, 2.24) is 0 Å². The number of hydrogen-bond donors (Lipinski definition) is 0. The predicted octanol–water partition coefficient (Wildman–Crippen LogP) is 9.34. The van der Waals surface area contributed by atoms with Crippen molar-refractivity contribution in [3.8, 4) is 28.4 Å². The molecule has 0 aliphatic rings. The van der Waals surface area contributed by atoms with Crippen molar-refractivity contribution in [2.75, 3.05) is 13.2 Å². The van der Waals surface area contributed by atoms with Crippen LogP contribution in [-0.4, -0.2) is 31.3 Å². The van der Waals surface area contributed by atoms with Gasteiger partial charge >= 0.3 is 11.9 Å². The molecule has 0 N–H and O–H groups in total. The number of benzene rings is 3. The van der Waals surface area contributed by atoms with E-state index in [1.54, 1.807) is 19.1 Å². The van der Waals surface area contributed by atoms with Crippen LogP contribution in [0.5, 0.6) is 17.2 Å². The van der Waals surface area contributed by atoms with Gasteiger partial charge in [0, 0.05) is 6.61 Å². The highest BCUT2D eigenvalue weighted by molar-refractivity contribution is 5.92. The molecule has 3 aromatic carbocycles. The molecule has 0 aromatic heterocycles. The van der Waals surface area contributed by atoms with Gasteiger partial charge in [-0.1, -0.05) is 107 Å². The van der Waals surface area contributed by atoms with E-state index in [9.17, 15) is 9.59 Å². The quantitative estimate of drug-likeness (QED) is 0.0785. The third-order valence-electron chi connectivity index (χ3n) is 7.16. The summed E-state index contributed by atoms with van der Waals surface area (Å²) in [6, 6.07) is 19.4. The summed E-state index contributed by atoms with van der Waals surface area (Å²) in [5, 5.41) is 0. The number of carbonyl (C=O) groups excluding carboxylic acids is 2. The van der Waals surface area contributed by atoms with Crippen molar-refractivity contribution in [3.05, 3.63) is 78.1 Å². The van der Waals surface area contributed by atoms with Crippen molar-refractivity contribution in [1.29, 1.82) is 0 Å². The predicted molar refractivity (Wildman–Crippen MR) is 167 cm³/mol. The summed E-state index contributed by atoms with van der Waals surface area (Å²) in [4.78, 5) is 25.6. The largest absolute Gasteiger partial charge is 0.490 e. The minimum atomic E-state index is -0.935. The van der Waals surface area contributed by atoms with Crippen LogP contribution in [0.15, 0.2) is 66.7 Å². The SMILES string of the molecule is CCCCCCCCCCCCOc1ccc(OC(=O)c2ccc(-c3ccccc3)cc2)c(OC(=O)[C@H](C)OCC)c1F. The van der Waals surface area contributed by atoms with Crippen molar-refractivity contribution in [3.63, 3.8) is 0 Å². The van der Waals surface area contributed by atoms with Crippen LogP contribution in [0.2, 0.25) is 0 Å². The van der Waals surface area contributed by atoms with Gasteiger partial charge in [-0.05, 0) is 55.7 Å². The van der Waals surface area contributed by atoms with E-state index in [1.165, 1.54) is 64.0 Å². The maximum absolute atomic E-state index is 15.6. The van der Waals surface area contributed by atoms with Gasteiger partial charge in [-0.2, -0.15) is 4.39 Å². The number of ether oxygens (including phenoxy) is 4. The van der Waals surface area contributed by atoms with Crippen molar-refractivity contribution < 1.29 is 32.9 Å². The first-order valence-corrected chi connectivity index (χ1v) is 15.6. The van der Waals surface area contributed by atoms with Gasteiger partial charge in [0.25, 0.3) is 0 Å². The van der Waals surface area contributed by atoms with Gasteiger partial charge in [0.1, 0.15) is 0 Å². The summed E-state index contributed by atoms with van der Waals surface area (Å²) in [6.45, 7) is 6.07. The molecule has 1 atom stereocenters. The lowest BCUT2D eigenvalue weighted by atomic mass is 10.0. The Balaban J connectivity index is 1.63. The van der Waals surface area contributed by atoms with Crippen LogP contribution in [0.3, 0.4) is 0 Å². The van der Waals surface area contributed by atoms with Gasteiger partial charge in [0.2, 0.25) is 11.6 Å². The van der Waals surface area contributed by atoms with Gasteiger partial charge < -0.3 is 18.9 Å². The molecule has 43 heavy (non-hydrogen) atoms. The summed E-state index contributed by atoms with van der Waals surface area (Å²) in [7, 11) is 0. The minimum Gasteiger partial charge on any atom is -0.490 e. The zero-order chi connectivity index (χ0) is 30.9. The second kappa shape index (κ2) is 18.7. The summed E-state index contributed by atoms with van der Waals surface area (Å²) in [5.41, 5.74) is 2.21. The molecular formula is C36H45FO6. The van der Waals surface area contributed by atoms with E-state index in [1.807, 2.05) is 42.5 Å². The summed E-state index contributed by atoms with van der Waals surface area (Å²) in [5.74, 6) is -3.24. The molecule has 0 radical (unpaired) electrons. The van der Waals surface area contributed by atoms with E-state index >= 15 is 4.39 Å². The molecule has 0 aliphatic carbocycles. The average molecular weight is 593 g/mol. The Morgan fingerprint density at radius 3 is 1.91 bits per heavy atom. The molecule has 0 amide bonds. The number of esters is 2. The van der Waals surface area contributed by atoms with E-state index in [4.69, 9.17) is 18.9 Å². The molecule has 6 nitrogen and oxygen atoms in total. The number of halogens is 1. The highest BCUT2D eigenvalue weighted by Crippen LogP contribution is 2.37. The van der Waals surface area contributed by atoms with Gasteiger partial charge in [-0.25, -0.2) is 9.59 Å². The second-order valence-electron chi connectivity index (χ2n) is 10.6. The van der Waals surface area contributed by atoms with Crippen LogP contribution < -0.4 is 14.2 Å². The maximum Gasteiger partial charge on any atom is 0.343 e. The summed E-state index contributed by atoms with van der Waals surface area (Å²) >= 11 is 0. The molecule has 0 fully saturated rings. The summed E-state index contributed by atoms with van der Waals surface area (Å²) < 4.78 is 37.5. The second-order valence-corrected chi connectivity index (χ2v) is 10.6. The third kappa shape index (κ3) is 11.1. The number of rotatable bonds is 19. The topological polar surface area (TPSA) is 71.1 Å². The Morgan fingerprint density at radius 2 is 1.28 bits per heavy atom. The highest BCUT2D eigenvalue weighted by Gasteiger charge is 2.25. The van der Waals surface area contributed by atoms with Gasteiger partial charge in [-0.15, -0.1) is 0 Å². The van der Waals surface area contributed by atoms with Crippen molar-refractivity contribution in [2.24, 2.45) is 0 Å². The fourth-order valence-electron chi connectivity index (χ4n) is 4.67. The summed E-state index contributed by atoms with van der Waals surface area (Å²) in [6.07, 6.45) is 10.8. The number of unbranched alkanes of at least 4 members (excludes halogenated alkanes) is 9. The Kier molecular flexibility index (Phi) is 14.7. The van der Waals surface area contributed by atoms with Gasteiger partial charge in [0.15, 0.2) is 17.6 Å². The molecule has 232 valence electrons. The van der Waals surface area contributed by atoms with Crippen molar-refractivity contribution >= 4 is 11.9 Å². The first-order chi connectivity index (χ1) is 20.9. The van der Waals surface area contributed by atoms with Crippen LogP contribution in [0.4, 0.5) is 4.39 Å². The first kappa shape index (κ1) is 33.8. The molecule has 0 saturated heterocycles. The first-order valence-electron chi connectivity index (χ1n) is 15.6. The minimum absolute atomic E-state index is 0.0743. The molecule has 0 bridgehead atoms. The third-order valence-corrected chi connectivity index (χ3v) is 7.16. The fraction of sp³-hybridized carbons (Fsp3) is 0.444. The van der Waals surface area contributed by atoms with E-state index in [0.717, 1.165) is 30.4 Å². The molecular weight excluding hydrogens is 547 g/mol. The highest BCUT2D eigenvalue weighted by atomic mass is 19.1. The molecule has 0 spiro atoms. The van der Waals surface area contributed by atoms with Crippen molar-refractivity contribution in [2.45, 2.75) is 91.1 Å². The maximum atomic E-state index is 15.6. The normalized spacial score (nSPS) is 11.6. The molecule has 0 heterocycles. The van der Waals surface area contributed by atoms with Crippen LogP contribution in [-0.2, 0) is 9.53 Å². The lowest BCUT2D eigenvalue weighted by molar-refractivity contribution is -0.146. The number of carbonyl (C=O) groups is 2. The van der Waals surface area contributed by atoms with E-state index < -0.39 is 29.6 Å². The van der Waals surface area contributed by atoms with Crippen LogP contribution in [0.25, 0.3) is 11.1 Å². The van der Waals surface area contributed by atoms with Crippen LogP contribution >= 0.6 is 0 Å². The van der Waals surface area contributed by atoms with E-state index in [0.29, 0.717) is 6.61 Å². The smallest absolute Gasteiger partial charge is 0.343 e.